The fourth-order valence-electron chi connectivity index (χ4n) is 6.09. The van der Waals surface area contributed by atoms with E-state index in [0.717, 1.165) is 44.4 Å². The molecule has 176 valence electrons. The number of carboxylic acid groups (broad SMARTS) is 1. The SMILES string of the molecule is COc1ccc(C(=O)C=C(NN=CC(=O)C23CC4CC(CC(Cl)(C4)C2)C3)C(=O)O)c(OC)c1. The summed E-state index contributed by atoms with van der Waals surface area (Å²) in [5.74, 6) is -0.448. The van der Waals surface area contributed by atoms with Crippen LogP contribution in [0.25, 0.3) is 0 Å². The van der Waals surface area contributed by atoms with Crippen molar-refractivity contribution in [1.82, 2.24) is 5.43 Å². The van der Waals surface area contributed by atoms with E-state index in [1.54, 1.807) is 6.07 Å². The van der Waals surface area contributed by atoms with Crippen LogP contribution in [-0.2, 0) is 9.59 Å². The first-order valence-corrected chi connectivity index (χ1v) is 11.3. The summed E-state index contributed by atoms with van der Waals surface area (Å²) >= 11 is 6.80. The first kappa shape index (κ1) is 23.3. The molecule has 33 heavy (non-hydrogen) atoms. The Kier molecular flexibility index (Phi) is 6.22. The van der Waals surface area contributed by atoms with Gasteiger partial charge in [0.25, 0.3) is 0 Å². The van der Waals surface area contributed by atoms with E-state index in [4.69, 9.17) is 21.1 Å². The zero-order valence-electron chi connectivity index (χ0n) is 18.6. The predicted octanol–water partition coefficient (Wildman–Crippen LogP) is 3.58. The Morgan fingerprint density at radius 1 is 1.15 bits per heavy atom. The second kappa shape index (κ2) is 8.82. The van der Waals surface area contributed by atoms with Gasteiger partial charge in [0.05, 0.1) is 26.0 Å². The number of ether oxygens (including phenoxy) is 2. The number of nitrogens with zero attached hydrogens (tertiary/aromatic N) is 1. The van der Waals surface area contributed by atoms with Gasteiger partial charge in [-0.3, -0.25) is 15.0 Å². The van der Waals surface area contributed by atoms with Crippen molar-refractivity contribution < 1.29 is 29.0 Å². The van der Waals surface area contributed by atoms with Gasteiger partial charge in [-0.2, -0.15) is 5.10 Å². The zero-order chi connectivity index (χ0) is 23.8. The molecule has 1 aromatic rings. The number of benzene rings is 1. The predicted molar refractivity (Wildman–Crippen MR) is 122 cm³/mol. The van der Waals surface area contributed by atoms with E-state index >= 15 is 0 Å². The van der Waals surface area contributed by atoms with Crippen LogP contribution in [0.15, 0.2) is 35.1 Å². The van der Waals surface area contributed by atoms with Crippen LogP contribution in [-0.4, -0.2) is 48.0 Å². The maximum atomic E-state index is 13.1. The van der Waals surface area contributed by atoms with Crippen molar-refractivity contribution >= 4 is 35.4 Å². The van der Waals surface area contributed by atoms with Crippen molar-refractivity contribution in [2.75, 3.05) is 14.2 Å². The number of carbonyl (C=O) groups excluding carboxylic acids is 2. The molecule has 0 amide bonds. The molecule has 4 saturated carbocycles. The second-order valence-corrected chi connectivity index (χ2v) is 10.2. The fraction of sp³-hybridized carbons (Fsp3) is 0.500. The van der Waals surface area contributed by atoms with Crippen LogP contribution in [0, 0.1) is 17.3 Å². The van der Waals surface area contributed by atoms with Crippen LogP contribution >= 0.6 is 11.6 Å². The lowest BCUT2D eigenvalue weighted by molar-refractivity contribution is -0.135. The molecule has 4 fully saturated rings. The summed E-state index contributed by atoms with van der Waals surface area (Å²) in [5, 5.41) is 13.4. The number of methoxy groups -OCH3 is 2. The number of ketones is 2. The molecule has 0 spiro atoms. The van der Waals surface area contributed by atoms with Crippen molar-refractivity contribution in [1.29, 1.82) is 0 Å². The first-order valence-electron chi connectivity index (χ1n) is 10.9. The van der Waals surface area contributed by atoms with Gasteiger partial charge < -0.3 is 14.6 Å². The number of nitrogens with one attached hydrogen (secondary N) is 1. The Labute approximate surface area is 197 Å². The molecule has 0 radical (unpaired) electrons. The number of carboxylic acids is 1. The van der Waals surface area contributed by atoms with Crippen LogP contribution in [0.4, 0.5) is 0 Å². The van der Waals surface area contributed by atoms with E-state index in [-0.39, 0.29) is 22.0 Å². The highest BCUT2D eigenvalue weighted by atomic mass is 35.5. The molecular formula is C24H27ClN2O6. The molecule has 2 atom stereocenters. The van der Waals surface area contributed by atoms with E-state index in [2.05, 4.69) is 10.5 Å². The number of hydrazone groups is 1. The Morgan fingerprint density at radius 2 is 1.85 bits per heavy atom. The van der Waals surface area contributed by atoms with Gasteiger partial charge in [-0.25, -0.2) is 4.79 Å². The number of carbonyl (C=O) groups is 3. The van der Waals surface area contributed by atoms with Gasteiger partial charge in [0.15, 0.2) is 11.6 Å². The average molecular weight is 475 g/mol. The highest BCUT2D eigenvalue weighted by Gasteiger charge is 2.59. The normalized spacial score (nSPS) is 30.3. The summed E-state index contributed by atoms with van der Waals surface area (Å²) in [4.78, 5) is 37.1. The number of Topliss-reactive ketones (excluding diaryl/α,β-unsaturated/α-hetero) is 1. The summed E-state index contributed by atoms with van der Waals surface area (Å²) < 4.78 is 10.3. The van der Waals surface area contributed by atoms with Crippen LogP contribution in [0.5, 0.6) is 11.5 Å². The third-order valence-corrected chi connectivity index (χ3v) is 7.50. The molecule has 4 aliphatic carbocycles. The number of aliphatic carboxylic acids is 1. The van der Waals surface area contributed by atoms with E-state index in [1.165, 1.54) is 26.4 Å². The summed E-state index contributed by atoms with van der Waals surface area (Å²) in [6.07, 6.45) is 7.34. The lowest BCUT2D eigenvalue weighted by Gasteiger charge is -2.59. The van der Waals surface area contributed by atoms with E-state index in [9.17, 15) is 19.5 Å². The molecule has 0 saturated heterocycles. The van der Waals surface area contributed by atoms with Gasteiger partial charge in [-0.1, -0.05) is 0 Å². The molecule has 9 heteroatoms. The largest absolute Gasteiger partial charge is 0.497 e. The molecule has 2 unspecified atom stereocenters. The smallest absolute Gasteiger partial charge is 0.353 e. The van der Waals surface area contributed by atoms with Crippen molar-refractivity contribution in [2.45, 2.75) is 43.4 Å². The topological polar surface area (TPSA) is 114 Å². The van der Waals surface area contributed by atoms with Gasteiger partial charge in [-0.05, 0) is 62.5 Å². The van der Waals surface area contributed by atoms with Gasteiger partial charge in [0.1, 0.15) is 17.2 Å². The first-order chi connectivity index (χ1) is 15.7. The molecule has 0 aliphatic heterocycles. The summed E-state index contributed by atoms with van der Waals surface area (Å²) in [6.45, 7) is 0. The minimum absolute atomic E-state index is 0.137. The number of allylic oxidation sites excluding steroid dienone is 1. The molecule has 2 N–H and O–H groups in total. The van der Waals surface area contributed by atoms with Crippen molar-refractivity contribution in [2.24, 2.45) is 22.4 Å². The van der Waals surface area contributed by atoms with Gasteiger partial charge >= 0.3 is 5.97 Å². The Bertz CT molecular complexity index is 1040. The Hall–Kier alpha value is -2.87. The summed E-state index contributed by atoms with van der Waals surface area (Å²) in [6, 6.07) is 4.59. The van der Waals surface area contributed by atoms with Crippen LogP contribution in [0.1, 0.15) is 48.9 Å². The maximum absolute atomic E-state index is 13.1. The van der Waals surface area contributed by atoms with E-state index < -0.39 is 22.9 Å². The van der Waals surface area contributed by atoms with Gasteiger partial charge in [0, 0.05) is 22.4 Å². The van der Waals surface area contributed by atoms with E-state index in [1.807, 2.05) is 0 Å². The molecule has 4 bridgehead atoms. The number of hydrogen-bond donors (Lipinski definition) is 2. The molecule has 0 aromatic heterocycles. The molecule has 5 rings (SSSR count). The molecule has 8 nitrogen and oxygen atoms in total. The van der Waals surface area contributed by atoms with Crippen LogP contribution in [0.2, 0.25) is 0 Å². The Morgan fingerprint density at radius 3 is 2.42 bits per heavy atom. The molecule has 0 heterocycles. The molecule has 1 aromatic carbocycles. The van der Waals surface area contributed by atoms with Crippen molar-refractivity contribution in [3.63, 3.8) is 0 Å². The lowest BCUT2D eigenvalue weighted by atomic mass is 9.48. The van der Waals surface area contributed by atoms with Crippen molar-refractivity contribution in [3.8, 4) is 11.5 Å². The number of hydrogen-bond acceptors (Lipinski definition) is 7. The molecular weight excluding hydrogens is 448 g/mol. The zero-order valence-corrected chi connectivity index (χ0v) is 19.4. The summed E-state index contributed by atoms with van der Waals surface area (Å²) in [7, 11) is 2.88. The standard InChI is InChI=1S/C24H27ClN2O6/c1-32-16-3-4-17(20(6-16)33-2)19(28)7-18(22(30)31)27-26-12-21(29)23-8-14-5-15(9-23)11-24(25,10-14)13-23/h3-4,6-7,12,14-15,27H,5,8-11,13H2,1-2H3,(H,30,31). The second-order valence-electron chi connectivity index (χ2n) is 9.42. The van der Waals surface area contributed by atoms with Gasteiger partial charge in [0.2, 0.25) is 0 Å². The molecule has 4 aliphatic rings. The highest BCUT2D eigenvalue weighted by molar-refractivity contribution is 6.31. The van der Waals surface area contributed by atoms with Crippen molar-refractivity contribution in [3.05, 3.63) is 35.5 Å². The van der Waals surface area contributed by atoms with Crippen LogP contribution < -0.4 is 14.9 Å². The third-order valence-electron chi connectivity index (χ3n) is 7.06. The highest BCUT2D eigenvalue weighted by Crippen LogP contribution is 2.63. The number of alkyl halides is 1. The Balaban J connectivity index is 1.48. The number of halogens is 1. The lowest BCUT2D eigenvalue weighted by Crippen LogP contribution is -2.56. The van der Waals surface area contributed by atoms with Gasteiger partial charge in [-0.15, -0.1) is 11.6 Å². The summed E-state index contributed by atoms with van der Waals surface area (Å²) in [5.41, 5.74) is 1.54. The third kappa shape index (κ3) is 4.62. The minimum Gasteiger partial charge on any atom is -0.497 e. The minimum atomic E-state index is -1.38. The van der Waals surface area contributed by atoms with Crippen LogP contribution in [0.3, 0.4) is 0 Å². The monoisotopic (exact) mass is 474 g/mol. The average Bonchev–Trinajstić information content (AvgIpc) is 2.75. The maximum Gasteiger partial charge on any atom is 0.353 e. The van der Waals surface area contributed by atoms with E-state index in [0.29, 0.717) is 24.0 Å². The quantitative estimate of drug-likeness (QED) is 0.185. The fourth-order valence-corrected chi connectivity index (χ4v) is 6.78. The number of rotatable bonds is 9.